The van der Waals surface area contributed by atoms with E-state index in [1.807, 2.05) is 0 Å². The van der Waals surface area contributed by atoms with Gasteiger partial charge in [0.15, 0.2) is 5.70 Å². The van der Waals surface area contributed by atoms with Gasteiger partial charge in [-0.05, 0) is 50.2 Å². The van der Waals surface area contributed by atoms with Crippen molar-refractivity contribution in [1.82, 2.24) is 10.3 Å². The zero-order valence-electron chi connectivity index (χ0n) is 15.8. The zero-order chi connectivity index (χ0) is 20.3. The third-order valence-corrected chi connectivity index (χ3v) is 4.33. The van der Waals surface area contributed by atoms with Gasteiger partial charge in [0.05, 0.1) is 13.2 Å². The van der Waals surface area contributed by atoms with Crippen LogP contribution in [0.2, 0.25) is 0 Å². The second-order valence-electron chi connectivity index (χ2n) is 6.44. The molecule has 0 amide bonds. The van der Waals surface area contributed by atoms with Crippen LogP contribution < -0.4 is 5.32 Å². The summed E-state index contributed by atoms with van der Waals surface area (Å²) in [6.45, 7) is 3.61. The number of rotatable bonds is 4. The summed E-state index contributed by atoms with van der Waals surface area (Å²) in [6, 6.07) is 9.21. The van der Waals surface area contributed by atoms with E-state index in [1.165, 1.54) is 25.4 Å². The summed E-state index contributed by atoms with van der Waals surface area (Å²) >= 11 is 0. The van der Waals surface area contributed by atoms with Crippen molar-refractivity contribution in [3.05, 3.63) is 94.6 Å². The SMILES string of the molecule is COC(=O)C=C[N+]1([O-])C(=C(C)C)NC(c2ccncc2)=C1c1ccc(F)cc1. The predicted octanol–water partition coefficient (Wildman–Crippen LogP) is 3.90. The molecule has 6 nitrogen and oxygen atoms in total. The maximum absolute atomic E-state index is 14.1. The Labute approximate surface area is 162 Å². The number of esters is 1. The highest BCUT2D eigenvalue weighted by Gasteiger charge is 2.40. The van der Waals surface area contributed by atoms with Gasteiger partial charge in [-0.15, -0.1) is 0 Å². The predicted molar refractivity (Wildman–Crippen MR) is 104 cm³/mol. The van der Waals surface area contributed by atoms with E-state index in [4.69, 9.17) is 0 Å². The number of hydroxylamine groups is 3. The van der Waals surface area contributed by atoms with Gasteiger partial charge in [0, 0.05) is 29.1 Å². The second-order valence-corrected chi connectivity index (χ2v) is 6.44. The van der Waals surface area contributed by atoms with Crippen LogP contribution in [0.1, 0.15) is 25.0 Å². The van der Waals surface area contributed by atoms with Gasteiger partial charge in [-0.3, -0.25) is 9.63 Å². The van der Waals surface area contributed by atoms with Crippen LogP contribution in [0.4, 0.5) is 4.39 Å². The molecule has 1 aromatic carbocycles. The first-order chi connectivity index (χ1) is 13.4. The van der Waals surface area contributed by atoms with Crippen molar-refractivity contribution in [1.29, 1.82) is 0 Å². The van der Waals surface area contributed by atoms with E-state index in [0.717, 1.165) is 17.2 Å². The van der Waals surface area contributed by atoms with Gasteiger partial charge in [-0.1, -0.05) is 0 Å². The topological polar surface area (TPSA) is 74.3 Å². The fourth-order valence-corrected chi connectivity index (χ4v) is 3.05. The standard InChI is InChI=1S/C21H20FN3O3/c1-14(2)21-24-19(15-8-11-23-12-9-15)20(16-4-6-17(22)7-5-16)25(21,27)13-10-18(26)28-3/h4-13,24H,1-3H3. The number of quaternary nitrogens is 1. The number of nitrogens with one attached hydrogen (secondary N) is 1. The Hall–Kier alpha value is -3.29. The van der Waals surface area contributed by atoms with Crippen molar-refractivity contribution in [3.8, 4) is 0 Å². The number of methoxy groups -OCH3 is 1. The van der Waals surface area contributed by atoms with Gasteiger partial charge in [-0.25, -0.2) is 9.18 Å². The van der Waals surface area contributed by atoms with E-state index in [2.05, 4.69) is 15.0 Å². The normalized spacial score (nSPS) is 19.1. The van der Waals surface area contributed by atoms with Gasteiger partial charge < -0.3 is 15.3 Å². The molecule has 0 bridgehead atoms. The molecule has 1 atom stereocenters. The Kier molecular flexibility index (Phi) is 5.39. The molecule has 1 aromatic heterocycles. The largest absolute Gasteiger partial charge is 0.616 e. The Bertz CT molecular complexity index is 978. The lowest BCUT2D eigenvalue weighted by Crippen LogP contribution is -2.34. The van der Waals surface area contributed by atoms with Gasteiger partial charge in [0.2, 0.25) is 5.82 Å². The molecule has 28 heavy (non-hydrogen) atoms. The molecule has 144 valence electrons. The third-order valence-electron chi connectivity index (χ3n) is 4.33. The Morgan fingerprint density at radius 1 is 1.14 bits per heavy atom. The van der Waals surface area contributed by atoms with Crippen LogP contribution in [0, 0.1) is 11.0 Å². The number of benzene rings is 1. The van der Waals surface area contributed by atoms with E-state index >= 15 is 0 Å². The molecule has 0 fully saturated rings. The second kappa shape index (κ2) is 7.75. The van der Waals surface area contributed by atoms with Crippen LogP contribution in [-0.4, -0.2) is 22.7 Å². The minimum Gasteiger partial charge on any atom is -0.616 e. The number of carbonyl (C=O) groups is 1. The number of hydrogen-bond donors (Lipinski definition) is 1. The third kappa shape index (κ3) is 3.58. The molecule has 1 unspecified atom stereocenters. The van der Waals surface area contributed by atoms with Gasteiger partial charge in [0.25, 0.3) is 0 Å². The number of carbonyl (C=O) groups excluding carboxylic acids is 1. The smallest absolute Gasteiger partial charge is 0.335 e. The van der Waals surface area contributed by atoms with Crippen molar-refractivity contribution in [2.45, 2.75) is 13.8 Å². The zero-order valence-corrected chi connectivity index (χ0v) is 15.8. The molecule has 2 aromatic rings. The first-order valence-electron chi connectivity index (χ1n) is 8.60. The van der Waals surface area contributed by atoms with Crippen molar-refractivity contribution in [2.75, 3.05) is 7.11 Å². The molecule has 2 heterocycles. The number of hydrogen-bond acceptors (Lipinski definition) is 5. The molecule has 7 heteroatoms. The van der Waals surface area contributed by atoms with E-state index in [1.54, 1.807) is 50.5 Å². The monoisotopic (exact) mass is 381 g/mol. The summed E-state index contributed by atoms with van der Waals surface area (Å²) in [5.74, 6) is -0.694. The molecule has 3 rings (SSSR count). The Morgan fingerprint density at radius 2 is 1.79 bits per heavy atom. The first kappa shape index (κ1) is 19.5. The molecule has 1 N–H and O–H groups in total. The lowest BCUT2D eigenvalue weighted by Gasteiger charge is -2.36. The number of pyridine rings is 1. The maximum atomic E-state index is 14.1. The number of allylic oxidation sites excluding steroid dienone is 1. The Balaban J connectivity index is 2.29. The molecule has 0 radical (unpaired) electrons. The van der Waals surface area contributed by atoms with Crippen LogP contribution in [0.5, 0.6) is 0 Å². The Morgan fingerprint density at radius 3 is 2.36 bits per heavy atom. The maximum Gasteiger partial charge on any atom is 0.335 e. The van der Waals surface area contributed by atoms with E-state index in [0.29, 0.717) is 22.8 Å². The van der Waals surface area contributed by atoms with Gasteiger partial charge in [-0.2, -0.15) is 0 Å². The fraction of sp³-hybridized carbons (Fsp3) is 0.143. The molecule has 0 saturated carbocycles. The summed E-state index contributed by atoms with van der Waals surface area (Å²) in [6.07, 6.45) is 5.55. The van der Waals surface area contributed by atoms with Crippen LogP contribution in [0.3, 0.4) is 0 Å². The minimum absolute atomic E-state index is 0.336. The van der Waals surface area contributed by atoms with Crippen molar-refractivity contribution < 1.29 is 18.6 Å². The molecule has 0 saturated heterocycles. The molecule has 0 spiro atoms. The van der Waals surface area contributed by atoms with Crippen LogP contribution in [-0.2, 0) is 9.53 Å². The van der Waals surface area contributed by atoms with Crippen molar-refractivity contribution >= 4 is 17.4 Å². The molecular formula is C21H20FN3O3. The molecular weight excluding hydrogens is 361 g/mol. The van der Waals surface area contributed by atoms with E-state index in [-0.39, 0.29) is 0 Å². The van der Waals surface area contributed by atoms with Crippen molar-refractivity contribution in [3.63, 3.8) is 0 Å². The van der Waals surface area contributed by atoms with Gasteiger partial charge in [0.1, 0.15) is 17.7 Å². The molecule has 0 aliphatic carbocycles. The quantitative estimate of drug-likeness (QED) is 0.376. The first-order valence-corrected chi connectivity index (χ1v) is 8.60. The van der Waals surface area contributed by atoms with Crippen LogP contribution in [0.15, 0.2) is 72.5 Å². The number of ether oxygens (including phenoxy) is 1. The van der Waals surface area contributed by atoms with Gasteiger partial charge >= 0.3 is 5.97 Å². The highest BCUT2D eigenvalue weighted by Crippen LogP contribution is 2.43. The summed E-state index contributed by atoms with van der Waals surface area (Å²) in [5, 5.41) is 17.2. The van der Waals surface area contributed by atoms with Crippen LogP contribution in [0.25, 0.3) is 11.4 Å². The molecule has 1 aliphatic rings. The fourth-order valence-electron chi connectivity index (χ4n) is 3.05. The summed E-state index contributed by atoms with van der Waals surface area (Å²) < 4.78 is 17.1. The number of halogens is 1. The average Bonchev–Trinajstić information content (AvgIpc) is 3.01. The molecule has 1 aliphatic heterocycles. The number of nitrogens with zero attached hydrogens (tertiary/aromatic N) is 2. The lowest BCUT2D eigenvalue weighted by atomic mass is 10.1. The lowest BCUT2D eigenvalue weighted by molar-refractivity contribution is -0.707. The van der Waals surface area contributed by atoms with Crippen molar-refractivity contribution in [2.24, 2.45) is 0 Å². The number of aromatic nitrogens is 1. The van der Waals surface area contributed by atoms with E-state index < -0.39 is 16.4 Å². The van der Waals surface area contributed by atoms with E-state index in [9.17, 15) is 14.4 Å². The summed E-state index contributed by atoms with van der Waals surface area (Å²) in [7, 11) is 1.24. The highest BCUT2D eigenvalue weighted by molar-refractivity contribution is 5.90. The summed E-state index contributed by atoms with van der Waals surface area (Å²) in [5.41, 5.74) is 2.92. The summed E-state index contributed by atoms with van der Waals surface area (Å²) in [4.78, 5) is 15.7. The van der Waals surface area contributed by atoms with Crippen LogP contribution >= 0.6 is 0 Å². The minimum atomic E-state index is -1.04. The average molecular weight is 381 g/mol. The highest BCUT2D eigenvalue weighted by atomic mass is 19.1.